The Hall–Kier alpha value is -1.71. The van der Waals surface area contributed by atoms with Crippen molar-refractivity contribution in [3.63, 3.8) is 0 Å². The minimum Gasteiger partial charge on any atom is -0.508 e. The molecular weight excluding hydrogens is 474 g/mol. The molecule has 8 heteroatoms. The minimum atomic E-state index is -1.21. The smallest absolute Gasteiger partial charge is 0.224 e. The molecule has 0 unspecified atom stereocenters. The van der Waals surface area contributed by atoms with Gasteiger partial charge in [-0.05, 0) is 38.0 Å². The molecule has 0 bridgehead atoms. The second-order valence-corrected chi connectivity index (χ2v) is 10.9. The second-order valence-electron chi connectivity index (χ2n) is 10.9. The number of carbonyl (C=O) groups is 1. The summed E-state index contributed by atoms with van der Waals surface area (Å²) in [4.78, 5) is 12.4. The van der Waals surface area contributed by atoms with Gasteiger partial charge in [-0.1, -0.05) is 76.8 Å². The molecule has 2 saturated heterocycles. The SMILES string of the molecule is CCCCCCCCCCCCOC[C@@]12O[C@@H](CNC(=O)Cc3cccc(O)c3)[C@@H](O)[C@@H]1OC(C)(C)O2. The van der Waals surface area contributed by atoms with Crippen LogP contribution in [-0.2, 0) is 30.2 Å². The minimum absolute atomic E-state index is 0.114. The molecule has 0 spiro atoms. The fraction of sp³-hybridized carbons (Fsp3) is 0.759. The van der Waals surface area contributed by atoms with Gasteiger partial charge in [-0.15, -0.1) is 0 Å². The summed E-state index contributed by atoms with van der Waals surface area (Å²) in [5.41, 5.74) is 0.701. The van der Waals surface area contributed by atoms with E-state index in [2.05, 4.69) is 12.2 Å². The van der Waals surface area contributed by atoms with E-state index in [1.54, 1.807) is 38.1 Å². The van der Waals surface area contributed by atoms with Gasteiger partial charge in [-0.2, -0.15) is 0 Å². The number of aliphatic hydroxyl groups is 1. The zero-order valence-electron chi connectivity index (χ0n) is 22.9. The van der Waals surface area contributed by atoms with E-state index in [1.165, 1.54) is 51.4 Å². The molecule has 37 heavy (non-hydrogen) atoms. The molecule has 0 radical (unpaired) electrons. The summed E-state index contributed by atoms with van der Waals surface area (Å²) < 4.78 is 24.2. The van der Waals surface area contributed by atoms with E-state index in [-0.39, 0.29) is 31.2 Å². The molecule has 210 valence electrons. The number of rotatable bonds is 17. The summed E-state index contributed by atoms with van der Waals surface area (Å²) in [6.45, 7) is 6.69. The molecule has 1 aromatic carbocycles. The molecule has 3 rings (SSSR count). The van der Waals surface area contributed by atoms with Gasteiger partial charge in [0.1, 0.15) is 30.7 Å². The molecule has 0 aromatic heterocycles. The molecule has 0 aliphatic carbocycles. The zero-order valence-corrected chi connectivity index (χ0v) is 22.9. The Morgan fingerprint density at radius 3 is 2.38 bits per heavy atom. The van der Waals surface area contributed by atoms with Gasteiger partial charge in [0.05, 0.1) is 6.42 Å². The van der Waals surface area contributed by atoms with Crippen molar-refractivity contribution in [3.05, 3.63) is 29.8 Å². The summed E-state index contributed by atoms with van der Waals surface area (Å²) >= 11 is 0. The molecule has 1 amide bonds. The Bertz CT molecular complexity index is 832. The number of hydrogen-bond donors (Lipinski definition) is 3. The fourth-order valence-corrected chi connectivity index (χ4v) is 5.18. The van der Waals surface area contributed by atoms with E-state index in [9.17, 15) is 15.0 Å². The third-order valence-corrected chi connectivity index (χ3v) is 7.03. The number of benzene rings is 1. The van der Waals surface area contributed by atoms with Crippen LogP contribution in [0.25, 0.3) is 0 Å². The third kappa shape index (κ3) is 9.21. The Morgan fingerprint density at radius 1 is 1.03 bits per heavy atom. The van der Waals surface area contributed by atoms with Crippen LogP contribution in [0.3, 0.4) is 0 Å². The molecule has 8 nitrogen and oxygen atoms in total. The molecule has 2 aliphatic heterocycles. The highest BCUT2D eigenvalue weighted by Gasteiger charge is 2.64. The topological polar surface area (TPSA) is 106 Å². The number of aromatic hydroxyl groups is 1. The van der Waals surface area contributed by atoms with Crippen molar-refractivity contribution >= 4 is 5.91 Å². The lowest BCUT2D eigenvalue weighted by molar-refractivity contribution is -0.277. The summed E-state index contributed by atoms with van der Waals surface area (Å²) in [5.74, 6) is -2.23. The first kappa shape index (κ1) is 29.8. The Balaban J connectivity index is 1.38. The van der Waals surface area contributed by atoms with Gasteiger partial charge in [0, 0.05) is 13.2 Å². The standard InChI is InChI=1S/C29H47NO7/c1-4-5-6-7-8-9-10-11-12-13-17-34-21-29-27(36-28(2,3)37-29)26(33)24(35-29)20-30-25(32)19-22-15-14-16-23(31)18-22/h14-16,18,24,26-27,31,33H,4-13,17,19-21H2,1-3H3,(H,30,32)/t24-,26+,27-,29-/m0/s1. The first-order chi connectivity index (χ1) is 17.7. The van der Waals surface area contributed by atoms with Crippen molar-refractivity contribution in [1.82, 2.24) is 5.32 Å². The second kappa shape index (κ2) is 14.4. The number of ether oxygens (including phenoxy) is 4. The van der Waals surface area contributed by atoms with Gasteiger partial charge in [0.15, 0.2) is 5.79 Å². The highest BCUT2D eigenvalue weighted by Crippen LogP contribution is 2.45. The highest BCUT2D eigenvalue weighted by atomic mass is 16.9. The number of phenolic OH excluding ortho intramolecular Hbond substituents is 1. The molecule has 2 heterocycles. The van der Waals surface area contributed by atoms with Crippen LogP contribution >= 0.6 is 0 Å². The van der Waals surface area contributed by atoms with Gasteiger partial charge in [-0.3, -0.25) is 4.79 Å². The van der Waals surface area contributed by atoms with Crippen LogP contribution in [0.15, 0.2) is 24.3 Å². The average Bonchev–Trinajstić information content (AvgIpc) is 3.25. The van der Waals surface area contributed by atoms with Gasteiger partial charge in [-0.25, -0.2) is 0 Å². The molecule has 0 saturated carbocycles. The van der Waals surface area contributed by atoms with Gasteiger partial charge in [0.25, 0.3) is 0 Å². The molecular formula is C29H47NO7. The van der Waals surface area contributed by atoms with Crippen LogP contribution < -0.4 is 5.32 Å². The molecule has 2 fully saturated rings. The lowest BCUT2D eigenvalue weighted by atomic mass is 10.1. The number of nitrogens with one attached hydrogen (secondary N) is 1. The van der Waals surface area contributed by atoms with E-state index in [0.717, 1.165) is 12.8 Å². The summed E-state index contributed by atoms with van der Waals surface area (Å²) in [5, 5.41) is 23.3. The van der Waals surface area contributed by atoms with Crippen LogP contribution in [0.1, 0.15) is 90.5 Å². The number of fused-ring (bicyclic) bond motifs is 1. The Kier molecular flexibility index (Phi) is 11.7. The lowest BCUT2D eigenvalue weighted by Gasteiger charge is -2.28. The first-order valence-electron chi connectivity index (χ1n) is 14.1. The fourth-order valence-electron chi connectivity index (χ4n) is 5.18. The number of amides is 1. The van der Waals surface area contributed by atoms with E-state index < -0.39 is 29.9 Å². The van der Waals surface area contributed by atoms with E-state index in [1.807, 2.05) is 0 Å². The van der Waals surface area contributed by atoms with Gasteiger partial charge in [0.2, 0.25) is 11.7 Å². The maximum absolute atomic E-state index is 12.4. The predicted molar refractivity (Wildman–Crippen MR) is 141 cm³/mol. The first-order valence-corrected chi connectivity index (χ1v) is 14.1. The van der Waals surface area contributed by atoms with Crippen LogP contribution in [0, 0.1) is 0 Å². The Labute approximate surface area is 222 Å². The number of unbranched alkanes of at least 4 members (excludes halogenated alkanes) is 9. The number of hydrogen-bond acceptors (Lipinski definition) is 7. The monoisotopic (exact) mass is 521 g/mol. The average molecular weight is 522 g/mol. The number of aliphatic hydroxyl groups excluding tert-OH is 1. The van der Waals surface area contributed by atoms with Crippen LogP contribution in [0.5, 0.6) is 5.75 Å². The maximum Gasteiger partial charge on any atom is 0.224 e. The third-order valence-electron chi connectivity index (χ3n) is 7.03. The summed E-state index contributed by atoms with van der Waals surface area (Å²) in [6.07, 6.45) is 10.4. The van der Waals surface area contributed by atoms with E-state index in [0.29, 0.717) is 12.2 Å². The maximum atomic E-state index is 12.4. The Morgan fingerprint density at radius 2 is 1.70 bits per heavy atom. The van der Waals surface area contributed by atoms with Crippen molar-refractivity contribution < 1.29 is 34.0 Å². The highest BCUT2D eigenvalue weighted by molar-refractivity contribution is 5.78. The number of carbonyl (C=O) groups excluding carboxylic acids is 1. The van der Waals surface area contributed by atoms with Crippen molar-refractivity contribution in [1.29, 1.82) is 0 Å². The molecule has 1 aromatic rings. The molecule has 4 atom stereocenters. The van der Waals surface area contributed by atoms with Crippen molar-refractivity contribution in [2.75, 3.05) is 19.8 Å². The number of phenols is 1. The van der Waals surface area contributed by atoms with Crippen LogP contribution in [0.2, 0.25) is 0 Å². The lowest BCUT2D eigenvalue weighted by Crippen LogP contribution is -2.45. The largest absolute Gasteiger partial charge is 0.508 e. The van der Waals surface area contributed by atoms with E-state index >= 15 is 0 Å². The van der Waals surface area contributed by atoms with Crippen molar-refractivity contribution in [2.45, 2.75) is 121 Å². The van der Waals surface area contributed by atoms with Gasteiger partial charge < -0.3 is 34.5 Å². The normalized spacial score (nSPS) is 26.3. The molecule has 3 N–H and O–H groups in total. The summed E-state index contributed by atoms with van der Waals surface area (Å²) in [6, 6.07) is 6.58. The van der Waals surface area contributed by atoms with E-state index in [4.69, 9.17) is 18.9 Å². The molecule has 2 aliphatic rings. The predicted octanol–water partition coefficient (Wildman–Crippen LogP) is 4.60. The van der Waals surface area contributed by atoms with Crippen LogP contribution in [-0.4, -0.2) is 65.8 Å². The zero-order chi connectivity index (χ0) is 26.7. The van der Waals surface area contributed by atoms with Crippen molar-refractivity contribution in [2.24, 2.45) is 0 Å². The van der Waals surface area contributed by atoms with Crippen molar-refractivity contribution in [3.8, 4) is 5.75 Å². The quantitative estimate of drug-likeness (QED) is 0.257. The summed E-state index contributed by atoms with van der Waals surface area (Å²) in [7, 11) is 0. The van der Waals surface area contributed by atoms with Gasteiger partial charge >= 0.3 is 0 Å². The van der Waals surface area contributed by atoms with Crippen LogP contribution in [0.4, 0.5) is 0 Å².